The van der Waals surface area contributed by atoms with E-state index < -0.39 is 11.9 Å². The molecule has 1 heterocycles. The van der Waals surface area contributed by atoms with Crippen LogP contribution in [0.3, 0.4) is 0 Å². The molecule has 1 aliphatic rings. The number of ether oxygens (including phenoxy) is 1. The first-order valence-corrected chi connectivity index (χ1v) is 9.74. The van der Waals surface area contributed by atoms with Gasteiger partial charge in [0.05, 0.1) is 13.0 Å². The van der Waals surface area contributed by atoms with Crippen molar-refractivity contribution in [2.45, 2.75) is 6.42 Å². The van der Waals surface area contributed by atoms with Crippen molar-refractivity contribution in [3.05, 3.63) is 54.6 Å². The van der Waals surface area contributed by atoms with Crippen LogP contribution >= 0.6 is 0 Å². The van der Waals surface area contributed by atoms with Gasteiger partial charge in [0.25, 0.3) is 0 Å². The van der Waals surface area contributed by atoms with Crippen molar-refractivity contribution in [1.82, 2.24) is 4.90 Å². The number of hydrogen-bond acceptors (Lipinski definition) is 5. The van der Waals surface area contributed by atoms with E-state index >= 15 is 0 Å². The number of benzene rings is 2. The van der Waals surface area contributed by atoms with E-state index in [9.17, 15) is 14.7 Å². The maximum atomic E-state index is 12.3. The monoisotopic (exact) mass is 397 g/mol. The van der Waals surface area contributed by atoms with Crippen LogP contribution in [-0.2, 0) is 9.59 Å². The molecule has 0 saturated carbocycles. The molecule has 0 bridgehead atoms. The van der Waals surface area contributed by atoms with Gasteiger partial charge in [0.1, 0.15) is 5.75 Å². The predicted octanol–water partition coefficient (Wildman–Crippen LogP) is 2.55. The first-order chi connectivity index (χ1) is 14.0. The summed E-state index contributed by atoms with van der Waals surface area (Å²) in [6.07, 6.45) is -0.0553. The SMILES string of the molecule is COc1ccc(NC(=O)C[C@@H](CN2CCN(c3ccccc3)CC2)C(=O)O)cc1. The van der Waals surface area contributed by atoms with Crippen LogP contribution in [0.25, 0.3) is 0 Å². The number of aliphatic carboxylic acids is 1. The number of carboxylic acid groups (broad SMARTS) is 1. The van der Waals surface area contributed by atoms with Crippen molar-refractivity contribution >= 4 is 23.3 Å². The third kappa shape index (κ3) is 5.96. The number of nitrogens with one attached hydrogen (secondary N) is 1. The zero-order valence-corrected chi connectivity index (χ0v) is 16.6. The molecule has 2 aromatic rings. The second kappa shape index (κ2) is 9.93. The van der Waals surface area contributed by atoms with Gasteiger partial charge in [0.2, 0.25) is 5.91 Å². The number of amides is 1. The summed E-state index contributed by atoms with van der Waals surface area (Å²) in [5.74, 6) is -1.29. The normalized spacial score (nSPS) is 15.6. The Hall–Kier alpha value is -3.06. The maximum Gasteiger partial charge on any atom is 0.308 e. The minimum Gasteiger partial charge on any atom is -0.497 e. The second-order valence-electron chi connectivity index (χ2n) is 7.14. The number of rotatable bonds is 8. The van der Waals surface area contributed by atoms with Gasteiger partial charge in [-0.25, -0.2) is 0 Å². The van der Waals surface area contributed by atoms with E-state index in [4.69, 9.17) is 4.74 Å². The van der Waals surface area contributed by atoms with Gasteiger partial charge in [0.15, 0.2) is 0 Å². The third-order valence-corrected chi connectivity index (χ3v) is 5.13. The molecule has 1 amide bonds. The molecule has 1 saturated heterocycles. The minimum absolute atomic E-state index is 0.0553. The summed E-state index contributed by atoms with van der Waals surface area (Å²) >= 11 is 0. The smallest absolute Gasteiger partial charge is 0.308 e. The van der Waals surface area contributed by atoms with Crippen LogP contribution in [0.1, 0.15) is 6.42 Å². The number of nitrogens with zero attached hydrogens (tertiary/aromatic N) is 2. The summed E-state index contributed by atoms with van der Waals surface area (Å²) < 4.78 is 5.09. The van der Waals surface area contributed by atoms with Crippen molar-refractivity contribution in [3.63, 3.8) is 0 Å². The highest BCUT2D eigenvalue weighted by Crippen LogP contribution is 2.18. The van der Waals surface area contributed by atoms with E-state index in [0.29, 0.717) is 18.0 Å². The number of carbonyl (C=O) groups is 2. The number of carboxylic acids is 1. The summed E-state index contributed by atoms with van der Waals surface area (Å²) in [5, 5.41) is 12.3. The van der Waals surface area contributed by atoms with Crippen LogP contribution in [0.5, 0.6) is 5.75 Å². The molecule has 7 heteroatoms. The van der Waals surface area contributed by atoms with Crippen LogP contribution in [0, 0.1) is 5.92 Å². The molecule has 0 aromatic heterocycles. The molecule has 3 rings (SSSR count). The van der Waals surface area contributed by atoms with Crippen LogP contribution < -0.4 is 15.0 Å². The summed E-state index contributed by atoms with van der Waals surface area (Å²) in [6.45, 7) is 3.61. The molecule has 29 heavy (non-hydrogen) atoms. The van der Waals surface area contributed by atoms with Crippen LogP contribution in [0.2, 0.25) is 0 Å². The highest BCUT2D eigenvalue weighted by molar-refractivity contribution is 5.93. The van der Waals surface area contributed by atoms with Gasteiger partial charge in [-0.3, -0.25) is 14.5 Å². The maximum absolute atomic E-state index is 12.3. The predicted molar refractivity (Wildman–Crippen MR) is 112 cm³/mol. The zero-order chi connectivity index (χ0) is 20.6. The van der Waals surface area contributed by atoms with Gasteiger partial charge in [-0.1, -0.05) is 18.2 Å². The van der Waals surface area contributed by atoms with Crippen LogP contribution in [-0.4, -0.2) is 61.7 Å². The summed E-state index contributed by atoms with van der Waals surface area (Å²) in [7, 11) is 1.57. The Morgan fingerprint density at radius 3 is 2.28 bits per heavy atom. The lowest BCUT2D eigenvalue weighted by molar-refractivity contribution is -0.144. The minimum atomic E-state index is -0.944. The topological polar surface area (TPSA) is 82.1 Å². The molecule has 1 atom stereocenters. The van der Waals surface area contributed by atoms with E-state index in [2.05, 4.69) is 27.2 Å². The van der Waals surface area contributed by atoms with Gasteiger partial charge in [-0.15, -0.1) is 0 Å². The molecule has 0 unspecified atom stereocenters. The Bertz CT molecular complexity index is 803. The first kappa shape index (κ1) is 20.7. The average molecular weight is 397 g/mol. The molecule has 154 valence electrons. The molecule has 2 N–H and O–H groups in total. The van der Waals surface area contributed by atoms with Crippen molar-refractivity contribution in [2.24, 2.45) is 5.92 Å². The fourth-order valence-electron chi connectivity index (χ4n) is 3.48. The lowest BCUT2D eigenvalue weighted by Gasteiger charge is -2.37. The van der Waals surface area contributed by atoms with Crippen LogP contribution in [0.4, 0.5) is 11.4 Å². The van der Waals surface area contributed by atoms with Gasteiger partial charge in [-0.05, 0) is 36.4 Å². The van der Waals surface area contributed by atoms with Crippen molar-refractivity contribution < 1.29 is 19.4 Å². The number of carbonyl (C=O) groups excluding carboxylic acids is 1. The summed E-state index contributed by atoms with van der Waals surface area (Å²) in [5.41, 5.74) is 1.80. The van der Waals surface area contributed by atoms with E-state index in [-0.39, 0.29) is 12.3 Å². The Kier molecular flexibility index (Phi) is 7.08. The van der Waals surface area contributed by atoms with Gasteiger partial charge < -0.3 is 20.1 Å². The molecule has 2 aromatic carbocycles. The third-order valence-electron chi connectivity index (χ3n) is 5.13. The fraction of sp³-hybridized carbons (Fsp3) is 0.364. The Morgan fingerprint density at radius 1 is 1.03 bits per heavy atom. The lowest BCUT2D eigenvalue weighted by atomic mass is 10.0. The Labute approximate surface area is 170 Å². The zero-order valence-electron chi connectivity index (χ0n) is 16.6. The number of para-hydroxylation sites is 1. The first-order valence-electron chi connectivity index (χ1n) is 9.74. The Balaban J connectivity index is 1.49. The van der Waals surface area contributed by atoms with Crippen LogP contribution in [0.15, 0.2) is 54.6 Å². The van der Waals surface area contributed by atoms with E-state index in [0.717, 1.165) is 26.2 Å². The highest BCUT2D eigenvalue weighted by Gasteiger charge is 2.26. The molecule has 1 fully saturated rings. The molecule has 0 spiro atoms. The van der Waals surface area contributed by atoms with Crippen molar-refractivity contribution in [1.29, 1.82) is 0 Å². The molecule has 1 aliphatic heterocycles. The molecule has 7 nitrogen and oxygen atoms in total. The van der Waals surface area contributed by atoms with Gasteiger partial charge in [-0.2, -0.15) is 0 Å². The molecular formula is C22H27N3O4. The average Bonchev–Trinajstić information content (AvgIpc) is 2.75. The van der Waals surface area contributed by atoms with Gasteiger partial charge >= 0.3 is 5.97 Å². The molecular weight excluding hydrogens is 370 g/mol. The summed E-state index contributed by atoms with van der Waals surface area (Å²) in [4.78, 5) is 28.4. The number of hydrogen-bond donors (Lipinski definition) is 2. The lowest BCUT2D eigenvalue weighted by Crippen LogP contribution is -2.48. The second-order valence-corrected chi connectivity index (χ2v) is 7.14. The Morgan fingerprint density at radius 2 is 1.69 bits per heavy atom. The largest absolute Gasteiger partial charge is 0.497 e. The number of piperazine rings is 1. The van der Waals surface area contributed by atoms with E-state index in [1.807, 2.05) is 18.2 Å². The number of anilines is 2. The van der Waals surface area contributed by atoms with Crippen molar-refractivity contribution in [2.75, 3.05) is 50.1 Å². The molecule has 0 radical (unpaired) electrons. The van der Waals surface area contributed by atoms with E-state index in [1.165, 1.54) is 5.69 Å². The number of methoxy groups -OCH3 is 1. The standard InChI is InChI=1S/C22H27N3O4/c1-29-20-9-7-18(8-10-20)23-21(26)15-17(22(27)28)16-24-11-13-25(14-12-24)19-5-3-2-4-6-19/h2-10,17H,11-16H2,1H3,(H,23,26)(H,27,28)/t17-/m0/s1. The quantitative estimate of drug-likeness (QED) is 0.712. The summed E-state index contributed by atoms with van der Waals surface area (Å²) in [6, 6.07) is 17.2. The fourth-order valence-corrected chi connectivity index (χ4v) is 3.48. The molecule has 0 aliphatic carbocycles. The van der Waals surface area contributed by atoms with E-state index in [1.54, 1.807) is 31.4 Å². The van der Waals surface area contributed by atoms with Gasteiger partial charge in [0, 0.05) is 50.5 Å². The highest BCUT2D eigenvalue weighted by atomic mass is 16.5. The van der Waals surface area contributed by atoms with Crippen molar-refractivity contribution in [3.8, 4) is 5.75 Å².